The van der Waals surface area contributed by atoms with Gasteiger partial charge in [0.15, 0.2) is 12.6 Å². The van der Waals surface area contributed by atoms with Crippen LogP contribution in [0.2, 0.25) is 0 Å². The summed E-state index contributed by atoms with van der Waals surface area (Å²) in [7, 11) is 0. The number of ether oxygens (including phenoxy) is 1. The molecule has 4 aliphatic rings. The minimum Gasteiger partial charge on any atom is -0.507 e. The highest BCUT2D eigenvalue weighted by Gasteiger charge is 2.65. The first-order chi connectivity index (χ1) is 16.7. The van der Waals surface area contributed by atoms with Crippen molar-refractivity contribution >= 4 is 12.6 Å². The van der Waals surface area contributed by atoms with Crippen molar-refractivity contribution in [3.8, 4) is 17.2 Å². The number of hydrogen-bond donors (Lipinski definition) is 2. The predicted molar refractivity (Wildman–Crippen MR) is 132 cm³/mol. The zero-order chi connectivity index (χ0) is 24.8. The molecule has 5 nitrogen and oxygen atoms in total. The smallest absolute Gasteiger partial charge is 0.157 e. The first-order valence-electron chi connectivity index (χ1n) is 12.9. The van der Waals surface area contributed by atoms with E-state index in [0.717, 1.165) is 37.7 Å². The van der Waals surface area contributed by atoms with Crippen LogP contribution in [-0.2, 0) is 0 Å². The highest BCUT2D eigenvalue weighted by Crippen LogP contribution is 2.70. The third-order valence-electron chi connectivity index (χ3n) is 10.3. The SMILES string of the molecule is CC1(C)C[C@@H]2[C@@H]1CC[C@]13C[C@]2(C)CC[C@@H]1[C@H](c1ccccc1)c1c(O)c(C=O)c(O)c(C=O)c1O3. The number of hydrogen-bond acceptors (Lipinski definition) is 5. The number of benzene rings is 2. The summed E-state index contributed by atoms with van der Waals surface area (Å²) in [6, 6.07) is 10.0. The van der Waals surface area contributed by atoms with Gasteiger partial charge in [-0.1, -0.05) is 51.1 Å². The number of aldehydes is 2. The van der Waals surface area contributed by atoms with E-state index in [4.69, 9.17) is 4.74 Å². The van der Waals surface area contributed by atoms with E-state index in [-0.39, 0.29) is 39.9 Å². The van der Waals surface area contributed by atoms with Crippen molar-refractivity contribution in [2.24, 2.45) is 28.6 Å². The molecule has 35 heavy (non-hydrogen) atoms. The summed E-state index contributed by atoms with van der Waals surface area (Å²) in [5.41, 5.74) is 1.21. The fraction of sp³-hybridized carbons (Fsp3) is 0.533. The molecular formula is C30H34O5. The van der Waals surface area contributed by atoms with Crippen LogP contribution in [0.15, 0.2) is 30.3 Å². The van der Waals surface area contributed by atoms with Crippen LogP contribution in [0, 0.1) is 28.6 Å². The lowest BCUT2D eigenvalue weighted by molar-refractivity contribution is -0.128. The second-order valence-corrected chi connectivity index (χ2v) is 12.5. The largest absolute Gasteiger partial charge is 0.507 e. The van der Waals surface area contributed by atoms with Crippen molar-refractivity contribution in [3.05, 3.63) is 52.6 Å². The molecule has 0 unspecified atom stereocenters. The molecule has 2 bridgehead atoms. The van der Waals surface area contributed by atoms with Crippen LogP contribution in [0.1, 0.15) is 97.1 Å². The maximum absolute atomic E-state index is 12.2. The van der Waals surface area contributed by atoms with Crippen LogP contribution in [-0.4, -0.2) is 28.4 Å². The van der Waals surface area contributed by atoms with E-state index in [1.165, 1.54) is 6.42 Å². The van der Waals surface area contributed by atoms with Gasteiger partial charge >= 0.3 is 0 Å². The van der Waals surface area contributed by atoms with Gasteiger partial charge in [0.2, 0.25) is 0 Å². The average Bonchev–Trinajstić information content (AvgIpc) is 2.89. The third-order valence-corrected chi connectivity index (χ3v) is 10.3. The molecule has 6 rings (SSSR count). The third kappa shape index (κ3) is 2.93. The average molecular weight is 475 g/mol. The van der Waals surface area contributed by atoms with Gasteiger partial charge in [0.05, 0.1) is 11.1 Å². The number of carbonyl (C=O) groups excluding carboxylic acids is 2. The molecule has 6 atom stereocenters. The molecule has 184 valence electrons. The lowest BCUT2D eigenvalue weighted by Gasteiger charge is -2.61. The molecule has 5 heteroatoms. The Balaban J connectivity index is 1.60. The van der Waals surface area contributed by atoms with Gasteiger partial charge in [-0.3, -0.25) is 9.59 Å². The number of aromatic hydroxyl groups is 2. The molecule has 1 spiro atoms. The Morgan fingerprint density at radius 2 is 1.57 bits per heavy atom. The van der Waals surface area contributed by atoms with Crippen molar-refractivity contribution in [1.82, 2.24) is 0 Å². The zero-order valence-electron chi connectivity index (χ0n) is 20.7. The molecular weight excluding hydrogens is 440 g/mol. The summed E-state index contributed by atoms with van der Waals surface area (Å²) in [5, 5.41) is 22.0. The number of carbonyl (C=O) groups is 2. The van der Waals surface area contributed by atoms with E-state index in [0.29, 0.717) is 35.4 Å². The van der Waals surface area contributed by atoms with Crippen molar-refractivity contribution < 1.29 is 24.5 Å². The second kappa shape index (κ2) is 7.35. The van der Waals surface area contributed by atoms with Crippen LogP contribution in [0.25, 0.3) is 0 Å². The molecule has 3 saturated carbocycles. The van der Waals surface area contributed by atoms with Crippen LogP contribution in [0.5, 0.6) is 17.2 Å². The van der Waals surface area contributed by atoms with Crippen LogP contribution < -0.4 is 4.74 Å². The Hall–Kier alpha value is -2.82. The molecule has 2 aromatic rings. The number of fused-ring (bicyclic) bond motifs is 4. The topological polar surface area (TPSA) is 83.8 Å². The van der Waals surface area contributed by atoms with Gasteiger partial charge in [0, 0.05) is 17.4 Å². The fourth-order valence-corrected chi connectivity index (χ4v) is 8.69. The summed E-state index contributed by atoms with van der Waals surface area (Å²) < 4.78 is 6.90. The molecule has 3 aliphatic carbocycles. The first-order valence-corrected chi connectivity index (χ1v) is 12.9. The molecule has 0 aromatic heterocycles. The quantitative estimate of drug-likeness (QED) is 0.514. The maximum Gasteiger partial charge on any atom is 0.157 e. The van der Waals surface area contributed by atoms with Crippen LogP contribution in [0.3, 0.4) is 0 Å². The first kappa shape index (κ1) is 22.6. The molecule has 2 aromatic carbocycles. The summed E-state index contributed by atoms with van der Waals surface area (Å²) in [6.07, 6.45) is 7.12. The molecule has 0 radical (unpaired) electrons. The van der Waals surface area contributed by atoms with Gasteiger partial charge in [-0.25, -0.2) is 0 Å². The summed E-state index contributed by atoms with van der Waals surface area (Å²) >= 11 is 0. The fourth-order valence-electron chi connectivity index (χ4n) is 8.69. The Kier molecular flexibility index (Phi) is 4.75. The molecule has 0 amide bonds. The van der Waals surface area contributed by atoms with E-state index in [9.17, 15) is 19.8 Å². The van der Waals surface area contributed by atoms with Gasteiger partial charge in [0.25, 0.3) is 0 Å². The van der Waals surface area contributed by atoms with E-state index in [1.807, 2.05) is 18.2 Å². The monoisotopic (exact) mass is 474 g/mol. The van der Waals surface area contributed by atoms with Gasteiger partial charge in [-0.05, 0) is 66.8 Å². The molecule has 1 heterocycles. The minimum absolute atomic E-state index is 0.0338. The summed E-state index contributed by atoms with van der Waals surface area (Å²) in [5.74, 6) is 0.667. The highest BCUT2D eigenvalue weighted by atomic mass is 16.5. The van der Waals surface area contributed by atoms with E-state index in [2.05, 4.69) is 32.9 Å². The molecule has 2 N–H and O–H groups in total. The predicted octanol–water partition coefficient (Wildman–Crippen LogP) is 6.25. The lowest BCUT2D eigenvalue weighted by Crippen LogP contribution is -2.57. The van der Waals surface area contributed by atoms with Gasteiger partial charge in [-0.15, -0.1) is 0 Å². The lowest BCUT2D eigenvalue weighted by atomic mass is 9.45. The van der Waals surface area contributed by atoms with Crippen LogP contribution >= 0.6 is 0 Å². The molecule has 0 saturated heterocycles. The van der Waals surface area contributed by atoms with E-state index in [1.54, 1.807) is 0 Å². The van der Waals surface area contributed by atoms with Crippen molar-refractivity contribution in [1.29, 1.82) is 0 Å². The molecule has 1 aliphatic heterocycles. The summed E-state index contributed by atoms with van der Waals surface area (Å²) in [4.78, 5) is 24.1. The normalized spacial score (nSPS) is 36.3. The van der Waals surface area contributed by atoms with Crippen molar-refractivity contribution in [2.45, 2.75) is 70.8 Å². The zero-order valence-corrected chi connectivity index (χ0v) is 20.7. The Morgan fingerprint density at radius 3 is 2.23 bits per heavy atom. The van der Waals surface area contributed by atoms with Gasteiger partial charge in [0.1, 0.15) is 22.8 Å². The Morgan fingerprint density at radius 1 is 0.886 bits per heavy atom. The number of phenolic OH excluding ortho intramolecular Hbond substituents is 2. The van der Waals surface area contributed by atoms with E-state index >= 15 is 0 Å². The van der Waals surface area contributed by atoms with E-state index < -0.39 is 11.4 Å². The van der Waals surface area contributed by atoms with Gasteiger partial charge < -0.3 is 14.9 Å². The van der Waals surface area contributed by atoms with Crippen molar-refractivity contribution in [2.75, 3.05) is 0 Å². The Bertz CT molecular complexity index is 1220. The van der Waals surface area contributed by atoms with Gasteiger partial charge in [-0.2, -0.15) is 0 Å². The van der Waals surface area contributed by atoms with Crippen molar-refractivity contribution in [3.63, 3.8) is 0 Å². The second-order valence-electron chi connectivity index (χ2n) is 12.5. The standard InChI is InChI=1S/C30H34O5/c1-28(2)13-22-20(28)10-12-30-16-29(22,3)11-9-21(30)23(17-7-5-4-6-8-17)24-26(34)18(14-31)25(33)19(15-32)27(24)35-30/h4-8,14-15,20-23,33-34H,9-13,16H2,1-3H3/t20-,21+,22+,23-,29-,30-/m0/s1. The highest BCUT2D eigenvalue weighted by molar-refractivity contribution is 5.95. The Labute approximate surface area is 206 Å². The molecule has 3 fully saturated rings. The minimum atomic E-state index is -0.499. The number of phenols is 2. The maximum atomic E-state index is 12.2. The number of rotatable bonds is 3. The summed E-state index contributed by atoms with van der Waals surface area (Å²) in [6.45, 7) is 7.19. The van der Waals surface area contributed by atoms with Crippen LogP contribution in [0.4, 0.5) is 0 Å².